The van der Waals surface area contributed by atoms with E-state index in [0.29, 0.717) is 0 Å². The second-order valence-electron chi connectivity index (χ2n) is 3.88. The quantitative estimate of drug-likeness (QED) is 0.472. The summed E-state index contributed by atoms with van der Waals surface area (Å²) in [6, 6.07) is 0.856. The zero-order valence-electron chi connectivity index (χ0n) is 11.2. The molecule has 0 radical (unpaired) electrons. The van der Waals surface area contributed by atoms with Gasteiger partial charge in [-0.05, 0) is 6.92 Å². The van der Waals surface area contributed by atoms with E-state index in [1.807, 2.05) is 0 Å². The Morgan fingerprint density at radius 1 is 1.40 bits per heavy atom. The smallest absolute Gasteiger partial charge is 0.433 e. The third-order valence-corrected chi connectivity index (χ3v) is 2.89. The van der Waals surface area contributed by atoms with Crippen LogP contribution in [-0.4, -0.2) is 42.4 Å². The molecule has 112 valence electrons. The number of hydrogen-bond donors (Lipinski definition) is 0. The Hall–Kier alpha value is -1.51. The second-order valence-corrected chi connectivity index (χ2v) is 4.82. The van der Waals surface area contributed by atoms with Crippen LogP contribution in [0.4, 0.5) is 19.0 Å². The Morgan fingerprint density at radius 3 is 2.55 bits per heavy atom. The molecule has 0 saturated heterocycles. The van der Waals surface area contributed by atoms with Crippen LogP contribution in [0.15, 0.2) is 11.2 Å². The summed E-state index contributed by atoms with van der Waals surface area (Å²) >= 11 is 0.807. The molecular formula is C11H14F3N3O2S. The van der Waals surface area contributed by atoms with Crippen molar-refractivity contribution in [2.24, 2.45) is 0 Å². The van der Waals surface area contributed by atoms with Gasteiger partial charge in [-0.25, -0.2) is 9.97 Å². The number of esters is 1. The van der Waals surface area contributed by atoms with E-state index in [1.54, 1.807) is 21.0 Å². The SMILES string of the molecule is CCOC(=O)CSc1nc(N(C)C)cc(C(F)(F)F)n1. The average Bonchev–Trinajstić information content (AvgIpc) is 2.35. The highest BCUT2D eigenvalue weighted by molar-refractivity contribution is 7.99. The van der Waals surface area contributed by atoms with Gasteiger partial charge in [0.25, 0.3) is 0 Å². The number of alkyl halides is 3. The van der Waals surface area contributed by atoms with Crippen molar-refractivity contribution in [2.45, 2.75) is 18.3 Å². The third-order valence-electron chi connectivity index (χ3n) is 2.07. The van der Waals surface area contributed by atoms with E-state index in [-0.39, 0.29) is 23.3 Å². The highest BCUT2D eigenvalue weighted by Crippen LogP contribution is 2.31. The van der Waals surface area contributed by atoms with Crippen LogP contribution in [0.25, 0.3) is 0 Å². The van der Waals surface area contributed by atoms with Gasteiger partial charge < -0.3 is 9.64 Å². The summed E-state index contributed by atoms with van der Waals surface area (Å²) in [7, 11) is 3.14. The lowest BCUT2D eigenvalue weighted by Crippen LogP contribution is -2.16. The van der Waals surface area contributed by atoms with E-state index in [2.05, 4.69) is 9.97 Å². The first kappa shape index (κ1) is 16.5. The minimum Gasteiger partial charge on any atom is -0.465 e. The van der Waals surface area contributed by atoms with Crippen molar-refractivity contribution in [1.82, 2.24) is 9.97 Å². The van der Waals surface area contributed by atoms with Crippen molar-refractivity contribution in [1.29, 1.82) is 0 Å². The first-order valence-electron chi connectivity index (χ1n) is 5.66. The number of nitrogens with zero attached hydrogens (tertiary/aromatic N) is 3. The molecule has 1 aromatic heterocycles. The molecule has 1 rings (SSSR count). The second kappa shape index (κ2) is 6.78. The van der Waals surface area contributed by atoms with Crippen molar-refractivity contribution in [2.75, 3.05) is 31.4 Å². The van der Waals surface area contributed by atoms with E-state index < -0.39 is 17.8 Å². The largest absolute Gasteiger partial charge is 0.465 e. The first-order valence-corrected chi connectivity index (χ1v) is 6.64. The standard InChI is InChI=1S/C11H14F3N3O2S/c1-4-19-9(18)6-20-10-15-7(11(12,13)14)5-8(16-10)17(2)3/h5H,4,6H2,1-3H3. The van der Waals surface area contributed by atoms with Gasteiger partial charge in [0.1, 0.15) is 5.82 Å². The molecule has 0 aliphatic rings. The monoisotopic (exact) mass is 309 g/mol. The predicted octanol–water partition coefficient (Wildman–Crippen LogP) is 2.22. The topological polar surface area (TPSA) is 55.3 Å². The van der Waals surface area contributed by atoms with Gasteiger partial charge in [-0.1, -0.05) is 11.8 Å². The molecule has 9 heteroatoms. The number of ether oxygens (including phenoxy) is 1. The van der Waals surface area contributed by atoms with E-state index >= 15 is 0 Å². The highest BCUT2D eigenvalue weighted by Gasteiger charge is 2.34. The molecule has 0 saturated carbocycles. The van der Waals surface area contributed by atoms with Crippen LogP contribution < -0.4 is 4.90 Å². The number of rotatable bonds is 5. The summed E-state index contributed by atoms with van der Waals surface area (Å²) in [6.45, 7) is 1.86. The molecule has 0 atom stereocenters. The van der Waals surface area contributed by atoms with Crippen LogP contribution in [0, 0.1) is 0 Å². The molecule has 0 N–H and O–H groups in total. The molecule has 5 nitrogen and oxygen atoms in total. The van der Waals surface area contributed by atoms with Gasteiger partial charge in [-0.15, -0.1) is 0 Å². The fourth-order valence-electron chi connectivity index (χ4n) is 1.18. The van der Waals surface area contributed by atoms with Crippen molar-refractivity contribution in [3.05, 3.63) is 11.8 Å². The summed E-state index contributed by atoms with van der Waals surface area (Å²) in [5, 5.41) is -0.114. The van der Waals surface area contributed by atoms with Crippen LogP contribution in [0.2, 0.25) is 0 Å². The van der Waals surface area contributed by atoms with E-state index in [1.165, 1.54) is 4.90 Å². The van der Waals surface area contributed by atoms with Gasteiger partial charge in [-0.2, -0.15) is 13.2 Å². The van der Waals surface area contributed by atoms with Gasteiger partial charge in [0.05, 0.1) is 12.4 Å². The van der Waals surface area contributed by atoms with Crippen molar-refractivity contribution in [3.8, 4) is 0 Å². The van der Waals surface area contributed by atoms with Gasteiger partial charge in [-0.3, -0.25) is 4.79 Å². The summed E-state index contributed by atoms with van der Waals surface area (Å²) in [5.74, 6) is -0.536. The van der Waals surface area contributed by atoms with Crippen LogP contribution in [-0.2, 0) is 15.7 Å². The van der Waals surface area contributed by atoms with Gasteiger partial charge in [0.15, 0.2) is 10.9 Å². The first-order chi connectivity index (χ1) is 9.24. The molecule has 0 unspecified atom stereocenters. The molecule has 0 amide bonds. The summed E-state index contributed by atoms with van der Waals surface area (Å²) in [5.41, 5.74) is -1.04. The van der Waals surface area contributed by atoms with Crippen molar-refractivity contribution < 1.29 is 22.7 Å². The molecular weight excluding hydrogens is 295 g/mol. The molecule has 1 heterocycles. The normalized spacial score (nSPS) is 11.3. The average molecular weight is 309 g/mol. The molecule has 0 aliphatic carbocycles. The van der Waals surface area contributed by atoms with Crippen LogP contribution >= 0.6 is 11.8 Å². The molecule has 0 fully saturated rings. The highest BCUT2D eigenvalue weighted by atomic mass is 32.2. The number of halogens is 3. The lowest BCUT2D eigenvalue weighted by Gasteiger charge is -2.15. The molecule has 0 spiro atoms. The minimum absolute atomic E-state index is 0.114. The number of carbonyl (C=O) groups is 1. The minimum atomic E-state index is -4.56. The molecule has 1 aromatic rings. The van der Waals surface area contributed by atoms with Crippen LogP contribution in [0.5, 0.6) is 0 Å². The zero-order valence-corrected chi connectivity index (χ0v) is 12.0. The van der Waals surface area contributed by atoms with Crippen LogP contribution in [0.3, 0.4) is 0 Å². The maximum absolute atomic E-state index is 12.7. The van der Waals surface area contributed by atoms with Gasteiger partial charge in [0, 0.05) is 20.2 Å². The van der Waals surface area contributed by atoms with Crippen LogP contribution in [0.1, 0.15) is 12.6 Å². The Kier molecular flexibility index (Phi) is 5.61. The lowest BCUT2D eigenvalue weighted by atomic mass is 10.4. The van der Waals surface area contributed by atoms with E-state index in [0.717, 1.165) is 17.8 Å². The fraction of sp³-hybridized carbons (Fsp3) is 0.545. The molecule has 0 aromatic carbocycles. The maximum Gasteiger partial charge on any atom is 0.433 e. The Balaban J connectivity index is 2.95. The number of hydrogen-bond acceptors (Lipinski definition) is 6. The Labute approximate surface area is 118 Å². The number of aromatic nitrogens is 2. The van der Waals surface area contributed by atoms with Crippen molar-refractivity contribution >= 4 is 23.5 Å². The van der Waals surface area contributed by atoms with Gasteiger partial charge in [0.2, 0.25) is 0 Å². The predicted molar refractivity (Wildman–Crippen MR) is 68.7 cm³/mol. The fourth-order valence-corrected chi connectivity index (χ4v) is 1.83. The summed E-state index contributed by atoms with van der Waals surface area (Å²) in [6.07, 6.45) is -4.56. The van der Waals surface area contributed by atoms with Crippen molar-refractivity contribution in [3.63, 3.8) is 0 Å². The Morgan fingerprint density at radius 2 is 2.05 bits per heavy atom. The maximum atomic E-state index is 12.7. The Bertz CT molecular complexity index is 480. The summed E-state index contributed by atoms with van der Waals surface area (Å²) < 4.78 is 42.9. The molecule has 20 heavy (non-hydrogen) atoms. The van der Waals surface area contributed by atoms with E-state index in [9.17, 15) is 18.0 Å². The van der Waals surface area contributed by atoms with E-state index in [4.69, 9.17) is 4.74 Å². The third kappa shape index (κ3) is 4.87. The van der Waals surface area contributed by atoms with Gasteiger partial charge >= 0.3 is 12.1 Å². The number of carbonyl (C=O) groups excluding carboxylic acids is 1. The number of anilines is 1. The lowest BCUT2D eigenvalue weighted by molar-refractivity contribution is -0.141. The molecule has 0 aliphatic heterocycles. The number of thioether (sulfide) groups is 1. The summed E-state index contributed by atoms with van der Waals surface area (Å²) in [4.78, 5) is 20.0. The molecule has 0 bridgehead atoms. The zero-order chi connectivity index (χ0) is 15.3.